The van der Waals surface area contributed by atoms with Crippen LogP contribution in [0.4, 0.5) is 4.39 Å². The van der Waals surface area contributed by atoms with Crippen LogP contribution in [-0.2, 0) is 4.79 Å². The number of hydrogen-bond donors (Lipinski definition) is 1. The lowest BCUT2D eigenvalue weighted by Crippen LogP contribution is -2.51. The van der Waals surface area contributed by atoms with Gasteiger partial charge in [-0.05, 0) is 30.2 Å². The summed E-state index contributed by atoms with van der Waals surface area (Å²) in [4.78, 5) is 14.1. The standard InChI is InChI=1S/C14H18FNO2S/c1-10(14(17)18)11-8-16(9-11)6-7-19-13-4-2-12(15)3-5-13/h2-5,10-11H,6-9H2,1H3,(H,17,18). The van der Waals surface area contributed by atoms with Gasteiger partial charge in [0.2, 0.25) is 0 Å². The summed E-state index contributed by atoms with van der Waals surface area (Å²) in [6.45, 7) is 4.47. The maximum atomic E-state index is 12.7. The zero-order chi connectivity index (χ0) is 13.8. The highest BCUT2D eigenvalue weighted by Gasteiger charge is 2.33. The molecule has 3 nitrogen and oxygen atoms in total. The van der Waals surface area contributed by atoms with Gasteiger partial charge in [0.05, 0.1) is 5.92 Å². The molecule has 1 saturated heterocycles. The van der Waals surface area contributed by atoms with E-state index in [9.17, 15) is 9.18 Å². The minimum atomic E-state index is -0.703. The van der Waals surface area contributed by atoms with Crippen molar-refractivity contribution in [3.8, 4) is 0 Å². The largest absolute Gasteiger partial charge is 0.481 e. The van der Waals surface area contributed by atoms with Crippen LogP contribution in [0.3, 0.4) is 0 Å². The second-order valence-corrected chi connectivity index (χ2v) is 6.12. The Kier molecular flexibility index (Phi) is 4.82. The fourth-order valence-corrected chi connectivity index (χ4v) is 3.05. The molecule has 0 saturated carbocycles. The molecule has 1 aromatic carbocycles. The molecule has 19 heavy (non-hydrogen) atoms. The summed E-state index contributed by atoms with van der Waals surface area (Å²) in [6, 6.07) is 6.50. The Bertz CT molecular complexity index is 432. The predicted octanol–water partition coefficient (Wildman–Crippen LogP) is 2.57. The van der Waals surface area contributed by atoms with Crippen LogP contribution in [0.25, 0.3) is 0 Å². The van der Waals surface area contributed by atoms with Gasteiger partial charge in [-0.15, -0.1) is 11.8 Å². The summed E-state index contributed by atoms with van der Waals surface area (Å²) in [5, 5.41) is 8.90. The van der Waals surface area contributed by atoms with Gasteiger partial charge in [-0.25, -0.2) is 4.39 Å². The third kappa shape index (κ3) is 3.94. The van der Waals surface area contributed by atoms with Crippen molar-refractivity contribution in [2.45, 2.75) is 11.8 Å². The quantitative estimate of drug-likeness (QED) is 0.815. The fourth-order valence-electron chi connectivity index (χ4n) is 2.13. The van der Waals surface area contributed by atoms with Gasteiger partial charge in [-0.3, -0.25) is 4.79 Å². The topological polar surface area (TPSA) is 40.5 Å². The van der Waals surface area contributed by atoms with E-state index in [1.54, 1.807) is 30.8 Å². The number of likely N-dealkylation sites (tertiary alicyclic amines) is 1. The van der Waals surface area contributed by atoms with E-state index in [2.05, 4.69) is 4.90 Å². The molecular weight excluding hydrogens is 265 g/mol. The highest BCUT2D eigenvalue weighted by molar-refractivity contribution is 7.99. The van der Waals surface area contributed by atoms with Gasteiger partial charge in [-0.1, -0.05) is 6.92 Å². The number of aliphatic carboxylic acids is 1. The van der Waals surface area contributed by atoms with Crippen LogP contribution >= 0.6 is 11.8 Å². The first-order chi connectivity index (χ1) is 9.06. The van der Waals surface area contributed by atoms with E-state index in [0.717, 1.165) is 30.3 Å². The number of nitrogens with zero attached hydrogens (tertiary/aromatic N) is 1. The van der Waals surface area contributed by atoms with Gasteiger partial charge < -0.3 is 10.0 Å². The van der Waals surface area contributed by atoms with Crippen molar-refractivity contribution in [3.05, 3.63) is 30.1 Å². The summed E-state index contributed by atoms with van der Waals surface area (Å²) in [7, 11) is 0. The van der Waals surface area contributed by atoms with Crippen molar-refractivity contribution in [2.75, 3.05) is 25.4 Å². The summed E-state index contributed by atoms with van der Waals surface area (Å²) in [6.07, 6.45) is 0. The van der Waals surface area contributed by atoms with Crippen LogP contribution in [-0.4, -0.2) is 41.4 Å². The van der Waals surface area contributed by atoms with Crippen molar-refractivity contribution in [2.24, 2.45) is 11.8 Å². The molecule has 0 spiro atoms. The zero-order valence-corrected chi connectivity index (χ0v) is 11.7. The number of carbonyl (C=O) groups is 1. The third-order valence-electron chi connectivity index (χ3n) is 3.57. The molecule has 1 unspecified atom stereocenters. The van der Waals surface area contributed by atoms with Crippen LogP contribution in [0.15, 0.2) is 29.2 Å². The van der Waals surface area contributed by atoms with Crippen molar-refractivity contribution < 1.29 is 14.3 Å². The normalized spacial score (nSPS) is 18.0. The Morgan fingerprint density at radius 3 is 2.68 bits per heavy atom. The highest BCUT2D eigenvalue weighted by atomic mass is 32.2. The van der Waals surface area contributed by atoms with E-state index < -0.39 is 5.97 Å². The Labute approximate surface area is 116 Å². The van der Waals surface area contributed by atoms with Crippen molar-refractivity contribution in [3.63, 3.8) is 0 Å². The Balaban J connectivity index is 1.63. The Morgan fingerprint density at radius 1 is 1.47 bits per heavy atom. The van der Waals surface area contributed by atoms with Crippen LogP contribution in [0, 0.1) is 17.7 Å². The average Bonchev–Trinajstić information content (AvgIpc) is 2.33. The lowest BCUT2D eigenvalue weighted by Gasteiger charge is -2.41. The maximum Gasteiger partial charge on any atom is 0.306 e. The maximum absolute atomic E-state index is 12.7. The molecule has 1 N–H and O–H groups in total. The third-order valence-corrected chi connectivity index (χ3v) is 4.56. The van der Waals surface area contributed by atoms with Gasteiger partial charge in [0.25, 0.3) is 0 Å². The summed E-state index contributed by atoms with van der Waals surface area (Å²) in [5.74, 6) is 0.0667. The van der Waals surface area contributed by atoms with Gasteiger partial charge >= 0.3 is 5.97 Å². The first-order valence-corrected chi connectivity index (χ1v) is 7.38. The van der Waals surface area contributed by atoms with Crippen molar-refractivity contribution in [1.82, 2.24) is 4.90 Å². The van der Waals surface area contributed by atoms with E-state index in [0.29, 0.717) is 0 Å². The molecule has 0 aromatic heterocycles. The van der Waals surface area contributed by atoms with Crippen molar-refractivity contribution in [1.29, 1.82) is 0 Å². The van der Waals surface area contributed by atoms with Gasteiger partial charge in [-0.2, -0.15) is 0 Å². The van der Waals surface area contributed by atoms with Crippen LogP contribution < -0.4 is 0 Å². The van der Waals surface area contributed by atoms with E-state index in [-0.39, 0.29) is 17.7 Å². The lowest BCUT2D eigenvalue weighted by atomic mass is 9.87. The van der Waals surface area contributed by atoms with Crippen LogP contribution in [0.2, 0.25) is 0 Å². The van der Waals surface area contributed by atoms with Gasteiger partial charge in [0, 0.05) is 30.3 Å². The number of thioether (sulfide) groups is 1. The molecule has 1 aliphatic heterocycles. The average molecular weight is 283 g/mol. The van der Waals surface area contributed by atoms with Gasteiger partial charge in [0.15, 0.2) is 0 Å². The first-order valence-electron chi connectivity index (χ1n) is 6.40. The Hall–Kier alpha value is -1.07. The molecular formula is C14H18FNO2S. The predicted molar refractivity (Wildman–Crippen MR) is 73.9 cm³/mol. The van der Waals surface area contributed by atoms with E-state index in [1.807, 2.05) is 0 Å². The molecule has 0 amide bonds. The molecule has 1 aliphatic rings. The fraction of sp³-hybridized carbons (Fsp3) is 0.500. The molecule has 1 heterocycles. The molecule has 5 heteroatoms. The molecule has 0 bridgehead atoms. The SMILES string of the molecule is CC(C(=O)O)C1CN(CCSc2ccc(F)cc2)C1. The van der Waals surface area contributed by atoms with E-state index in [4.69, 9.17) is 5.11 Å². The molecule has 0 radical (unpaired) electrons. The van der Waals surface area contributed by atoms with E-state index >= 15 is 0 Å². The number of benzene rings is 1. The summed E-state index contributed by atoms with van der Waals surface area (Å²) >= 11 is 1.70. The number of rotatable bonds is 6. The second kappa shape index (κ2) is 6.39. The zero-order valence-electron chi connectivity index (χ0n) is 10.9. The van der Waals surface area contributed by atoms with Crippen LogP contribution in [0.5, 0.6) is 0 Å². The lowest BCUT2D eigenvalue weighted by molar-refractivity contribution is -0.145. The number of carboxylic acid groups (broad SMARTS) is 1. The molecule has 104 valence electrons. The van der Waals surface area contributed by atoms with Crippen LogP contribution in [0.1, 0.15) is 6.92 Å². The minimum Gasteiger partial charge on any atom is -0.481 e. The molecule has 2 rings (SSSR count). The van der Waals surface area contributed by atoms with E-state index in [1.165, 1.54) is 12.1 Å². The molecule has 1 aromatic rings. The summed E-state index contributed by atoms with van der Waals surface area (Å²) in [5.41, 5.74) is 0. The summed E-state index contributed by atoms with van der Waals surface area (Å²) < 4.78 is 12.7. The molecule has 1 fully saturated rings. The molecule has 1 atom stereocenters. The molecule has 0 aliphatic carbocycles. The smallest absolute Gasteiger partial charge is 0.306 e. The highest BCUT2D eigenvalue weighted by Crippen LogP contribution is 2.25. The minimum absolute atomic E-state index is 0.211. The first kappa shape index (κ1) is 14.3. The number of hydrogen-bond acceptors (Lipinski definition) is 3. The van der Waals surface area contributed by atoms with Gasteiger partial charge in [0.1, 0.15) is 5.82 Å². The number of carboxylic acids is 1. The monoisotopic (exact) mass is 283 g/mol. The number of halogens is 1. The Morgan fingerprint density at radius 2 is 2.11 bits per heavy atom. The second-order valence-electron chi connectivity index (χ2n) is 4.95. The van der Waals surface area contributed by atoms with Crippen molar-refractivity contribution >= 4 is 17.7 Å².